The van der Waals surface area contributed by atoms with Crippen molar-refractivity contribution in [2.45, 2.75) is 39.8 Å². The number of hydrogen-bond donors (Lipinski definition) is 1. The summed E-state index contributed by atoms with van der Waals surface area (Å²) in [4.78, 5) is 0. The molecule has 1 aromatic heterocycles. The standard InChI is InChI=1S/C12H22ClN3O/c1-4-7-16-12(10(13)8-15-16)11(14-5-2)9-17-6-3/h8,11,14H,4-7,9H2,1-3H3. The molecule has 0 saturated carbocycles. The second kappa shape index (κ2) is 7.69. The summed E-state index contributed by atoms with van der Waals surface area (Å²) < 4.78 is 7.46. The number of nitrogens with one attached hydrogen (secondary N) is 1. The van der Waals surface area contributed by atoms with Gasteiger partial charge in [-0.2, -0.15) is 5.10 Å². The summed E-state index contributed by atoms with van der Waals surface area (Å²) >= 11 is 6.21. The monoisotopic (exact) mass is 259 g/mol. The summed E-state index contributed by atoms with van der Waals surface area (Å²) in [6.07, 6.45) is 2.75. The van der Waals surface area contributed by atoms with E-state index in [2.05, 4.69) is 24.3 Å². The van der Waals surface area contributed by atoms with Gasteiger partial charge in [0, 0.05) is 13.2 Å². The van der Waals surface area contributed by atoms with E-state index in [4.69, 9.17) is 16.3 Å². The minimum absolute atomic E-state index is 0.112. The highest BCUT2D eigenvalue weighted by Gasteiger charge is 2.19. The molecular formula is C12H22ClN3O. The number of likely N-dealkylation sites (N-methyl/N-ethyl adjacent to an activating group) is 1. The van der Waals surface area contributed by atoms with Gasteiger partial charge in [0.15, 0.2) is 0 Å². The molecule has 1 aromatic rings. The highest BCUT2D eigenvalue weighted by Crippen LogP contribution is 2.23. The summed E-state index contributed by atoms with van der Waals surface area (Å²) in [7, 11) is 0. The van der Waals surface area contributed by atoms with Gasteiger partial charge in [-0.3, -0.25) is 4.68 Å². The molecule has 0 fully saturated rings. The third kappa shape index (κ3) is 3.98. The lowest BCUT2D eigenvalue weighted by Gasteiger charge is -2.19. The molecule has 0 bridgehead atoms. The topological polar surface area (TPSA) is 39.1 Å². The molecule has 17 heavy (non-hydrogen) atoms. The van der Waals surface area contributed by atoms with Crippen LogP contribution in [0.4, 0.5) is 0 Å². The smallest absolute Gasteiger partial charge is 0.0835 e. The number of aryl methyl sites for hydroxylation is 1. The van der Waals surface area contributed by atoms with Gasteiger partial charge in [0.05, 0.1) is 29.6 Å². The molecule has 1 unspecified atom stereocenters. The molecule has 0 radical (unpaired) electrons. The van der Waals surface area contributed by atoms with Crippen LogP contribution in [0.1, 0.15) is 38.9 Å². The lowest BCUT2D eigenvalue weighted by atomic mass is 10.2. The van der Waals surface area contributed by atoms with E-state index in [9.17, 15) is 0 Å². The molecule has 0 amide bonds. The van der Waals surface area contributed by atoms with Gasteiger partial charge in [-0.25, -0.2) is 0 Å². The van der Waals surface area contributed by atoms with Crippen molar-refractivity contribution in [2.75, 3.05) is 19.8 Å². The van der Waals surface area contributed by atoms with Crippen LogP contribution in [0.3, 0.4) is 0 Å². The molecule has 0 aliphatic heterocycles. The van der Waals surface area contributed by atoms with Crippen LogP contribution in [0.5, 0.6) is 0 Å². The SMILES string of the molecule is CCCn1ncc(Cl)c1C(COCC)NCC. The Morgan fingerprint density at radius 1 is 1.47 bits per heavy atom. The maximum atomic E-state index is 6.21. The summed E-state index contributed by atoms with van der Waals surface area (Å²) in [5.41, 5.74) is 1.03. The van der Waals surface area contributed by atoms with Gasteiger partial charge in [-0.15, -0.1) is 0 Å². The quantitative estimate of drug-likeness (QED) is 0.780. The minimum atomic E-state index is 0.112. The molecule has 0 saturated heterocycles. The lowest BCUT2D eigenvalue weighted by molar-refractivity contribution is 0.121. The summed E-state index contributed by atoms with van der Waals surface area (Å²) in [6, 6.07) is 0.112. The largest absolute Gasteiger partial charge is 0.380 e. The van der Waals surface area contributed by atoms with Gasteiger partial charge < -0.3 is 10.1 Å². The third-order valence-electron chi connectivity index (χ3n) is 2.54. The molecule has 0 aromatic carbocycles. The maximum absolute atomic E-state index is 6.21. The van der Waals surface area contributed by atoms with E-state index in [0.29, 0.717) is 18.2 Å². The van der Waals surface area contributed by atoms with Crippen molar-refractivity contribution < 1.29 is 4.74 Å². The molecular weight excluding hydrogens is 238 g/mol. The Hall–Kier alpha value is -0.580. The molecule has 0 spiro atoms. The van der Waals surface area contributed by atoms with Crippen molar-refractivity contribution in [1.82, 2.24) is 15.1 Å². The zero-order chi connectivity index (χ0) is 12.7. The lowest BCUT2D eigenvalue weighted by Crippen LogP contribution is -2.28. The second-order valence-electron chi connectivity index (χ2n) is 3.87. The fourth-order valence-corrected chi connectivity index (χ4v) is 2.10. The first-order valence-electron chi connectivity index (χ1n) is 6.26. The highest BCUT2D eigenvalue weighted by molar-refractivity contribution is 6.31. The van der Waals surface area contributed by atoms with Crippen LogP contribution in [0.2, 0.25) is 5.02 Å². The van der Waals surface area contributed by atoms with Gasteiger partial charge in [-0.1, -0.05) is 25.4 Å². The van der Waals surface area contributed by atoms with Gasteiger partial charge >= 0.3 is 0 Å². The van der Waals surface area contributed by atoms with Crippen LogP contribution < -0.4 is 5.32 Å². The molecule has 4 nitrogen and oxygen atoms in total. The molecule has 1 atom stereocenters. The molecule has 1 heterocycles. The normalized spacial score (nSPS) is 12.9. The second-order valence-corrected chi connectivity index (χ2v) is 4.28. The number of ether oxygens (including phenoxy) is 1. The van der Waals surface area contributed by atoms with Crippen molar-refractivity contribution in [3.05, 3.63) is 16.9 Å². The third-order valence-corrected chi connectivity index (χ3v) is 2.83. The van der Waals surface area contributed by atoms with Crippen LogP contribution >= 0.6 is 11.6 Å². The van der Waals surface area contributed by atoms with E-state index < -0.39 is 0 Å². The average Bonchev–Trinajstić information content (AvgIpc) is 2.67. The Bertz CT molecular complexity index is 328. The number of halogens is 1. The van der Waals surface area contributed by atoms with Gasteiger partial charge in [0.1, 0.15) is 0 Å². The Morgan fingerprint density at radius 2 is 2.24 bits per heavy atom. The summed E-state index contributed by atoms with van der Waals surface area (Å²) in [5.74, 6) is 0. The summed E-state index contributed by atoms with van der Waals surface area (Å²) in [5, 5.41) is 8.41. The molecule has 1 N–H and O–H groups in total. The molecule has 0 aliphatic carbocycles. The van der Waals surface area contributed by atoms with E-state index in [1.807, 2.05) is 11.6 Å². The predicted molar refractivity (Wildman–Crippen MR) is 70.4 cm³/mol. The number of hydrogen-bond acceptors (Lipinski definition) is 3. The van der Waals surface area contributed by atoms with Crippen LogP contribution in [0.15, 0.2) is 6.20 Å². The van der Waals surface area contributed by atoms with Gasteiger partial charge in [0.2, 0.25) is 0 Å². The maximum Gasteiger partial charge on any atom is 0.0835 e. The number of rotatable bonds is 8. The number of aromatic nitrogens is 2. The van der Waals surface area contributed by atoms with Crippen molar-refractivity contribution in [1.29, 1.82) is 0 Å². The zero-order valence-corrected chi connectivity index (χ0v) is 11.6. The fraction of sp³-hybridized carbons (Fsp3) is 0.750. The van der Waals surface area contributed by atoms with E-state index in [1.54, 1.807) is 6.20 Å². The Kier molecular flexibility index (Phi) is 6.55. The van der Waals surface area contributed by atoms with Crippen LogP contribution in [-0.2, 0) is 11.3 Å². The summed E-state index contributed by atoms with van der Waals surface area (Å²) in [6.45, 7) is 9.30. The molecule has 5 heteroatoms. The van der Waals surface area contributed by atoms with Crippen molar-refractivity contribution >= 4 is 11.6 Å². The first-order valence-corrected chi connectivity index (χ1v) is 6.64. The minimum Gasteiger partial charge on any atom is -0.380 e. The Labute approximate surface area is 108 Å². The number of nitrogens with zero attached hydrogens (tertiary/aromatic N) is 2. The molecule has 0 aliphatic rings. The van der Waals surface area contributed by atoms with E-state index in [0.717, 1.165) is 25.2 Å². The van der Waals surface area contributed by atoms with Crippen LogP contribution in [0.25, 0.3) is 0 Å². The van der Waals surface area contributed by atoms with Gasteiger partial charge in [0.25, 0.3) is 0 Å². The first-order chi connectivity index (χ1) is 8.24. The molecule has 1 rings (SSSR count). The van der Waals surface area contributed by atoms with Crippen molar-refractivity contribution in [2.24, 2.45) is 0 Å². The van der Waals surface area contributed by atoms with E-state index in [-0.39, 0.29) is 6.04 Å². The van der Waals surface area contributed by atoms with Crippen molar-refractivity contribution in [3.8, 4) is 0 Å². The molecule has 98 valence electrons. The highest BCUT2D eigenvalue weighted by atomic mass is 35.5. The van der Waals surface area contributed by atoms with Crippen LogP contribution in [0, 0.1) is 0 Å². The Balaban J connectivity index is 2.86. The average molecular weight is 260 g/mol. The van der Waals surface area contributed by atoms with Crippen LogP contribution in [-0.4, -0.2) is 29.5 Å². The van der Waals surface area contributed by atoms with Crippen molar-refractivity contribution in [3.63, 3.8) is 0 Å². The first kappa shape index (κ1) is 14.5. The van der Waals surface area contributed by atoms with E-state index in [1.165, 1.54) is 0 Å². The Morgan fingerprint density at radius 3 is 2.82 bits per heavy atom. The zero-order valence-electron chi connectivity index (χ0n) is 10.9. The van der Waals surface area contributed by atoms with Gasteiger partial charge in [-0.05, 0) is 19.9 Å². The van der Waals surface area contributed by atoms with E-state index >= 15 is 0 Å². The predicted octanol–water partition coefficient (Wildman–Crippen LogP) is 2.63. The fourth-order valence-electron chi connectivity index (χ4n) is 1.82.